The van der Waals surface area contributed by atoms with Gasteiger partial charge in [0.05, 0.1) is 11.7 Å². The van der Waals surface area contributed by atoms with Gasteiger partial charge in [0.15, 0.2) is 0 Å². The van der Waals surface area contributed by atoms with Crippen LogP contribution in [0.3, 0.4) is 0 Å². The van der Waals surface area contributed by atoms with E-state index in [2.05, 4.69) is 22.5 Å². The van der Waals surface area contributed by atoms with Crippen molar-refractivity contribution < 1.29 is 0 Å². The lowest BCUT2D eigenvalue weighted by Crippen LogP contribution is -2.16. The Morgan fingerprint density at radius 3 is 2.83 bits per heavy atom. The number of rotatable bonds is 4. The second-order valence-corrected chi connectivity index (χ2v) is 7.75. The molecule has 1 aliphatic heterocycles. The van der Waals surface area contributed by atoms with E-state index < -0.39 is 0 Å². The molecule has 0 saturated heterocycles. The summed E-state index contributed by atoms with van der Waals surface area (Å²) in [6.45, 7) is 4.17. The van der Waals surface area contributed by atoms with Gasteiger partial charge in [-0.2, -0.15) is 0 Å². The third-order valence-electron chi connectivity index (χ3n) is 5.10. The Labute approximate surface area is 147 Å². The highest BCUT2D eigenvalue weighted by molar-refractivity contribution is 7.09. The maximum atomic E-state index is 4.99. The van der Waals surface area contributed by atoms with E-state index >= 15 is 0 Å². The smallest absolute Gasteiger partial charge is 0.134 e. The molecule has 0 bridgehead atoms. The van der Waals surface area contributed by atoms with Gasteiger partial charge >= 0.3 is 0 Å². The van der Waals surface area contributed by atoms with Crippen molar-refractivity contribution in [3.8, 4) is 0 Å². The van der Waals surface area contributed by atoms with Crippen molar-refractivity contribution in [2.24, 2.45) is 0 Å². The first-order valence-electron chi connectivity index (χ1n) is 9.07. The number of nitrogens with zero attached hydrogens (tertiary/aromatic N) is 3. The highest BCUT2D eigenvalue weighted by atomic mass is 32.1. The molecule has 2 aromatic heterocycles. The Morgan fingerprint density at radius 1 is 1.21 bits per heavy atom. The Kier molecular flexibility index (Phi) is 4.76. The number of nitrogens with one attached hydrogen (secondary N) is 2. The van der Waals surface area contributed by atoms with Gasteiger partial charge in [0, 0.05) is 36.0 Å². The Hall–Kier alpha value is -1.53. The topological polar surface area (TPSA) is 62.7 Å². The zero-order valence-electron chi connectivity index (χ0n) is 14.2. The molecule has 0 aromatic carbocycles. The lowest BCUT2D eigenvalue weighted by molar-refractivity contribution is 0.656. The van der Waals surface area contributed by atoms with E-state index in [0.29, 0.717) is 5.92 Å². The van der Waals surface area contributed by atoms with E-state index in [4.69, 9.17) is 9.97 Å². The number of fused-ring (bicyclic) bond motifs is 1. The fraction of sp³-hybridized carbons (Fsp3) is 0.611. The largest absolute Gasteiger partial charge is 0.361 e. The van der Waals surface area contributed by atoms with Crippen LogP contribution < -0.4 is 10.6 Å². The lowest BCUT2D eigenvalue weighted by Gasteiger charge is -2.19. The summed E-state index contributed by atoms with van der Waals surface area (Å²) < 4.78 is 0. The molecule has 1 atom stereocenters. The van der Waals surface area contributed by atoms with Crippen molar-refractivity contribution in [2.45, 2.75) is 57.4 Å². The Balaban J connectivity index is 1.68. The van der Waals surface area contributed by atoms with Gasteiger partial charge in [-0.05, 0) is 32.7 Å². The fourth-order valence-electron chi connectivity index (χ4n) is 3.77. The summed E-state index contributed by atoms with van der Waals surface area (Å²) in [5.41, 5.74) is 2.54. The molecule has 2 N–H and O–H groups in total. The van der Waals surface area contributed by atoms with E-state index in [9.17, 15) is 0 Å². The van der Waals surface area contributed by atoms with Gasteiger partial charge < -0.3 is 10.6 Å². The van der Waals surface area contributed by atoms with Gasteiger partial charge in [-0.25, -0.2) is 15.0 Å². The monoisotopic (exact) mass is 343 g/mol. The fourth-order valence-corrected chi connectivity index (χ4v) is 4.41. The Bertz CT molecular complexity index is 679. The summed E-state index contributed by atoms with van der Waals surface area (Å²) in [5, 5.41) is 10.3. The molecule has 1 saturated carbocycles. The average molecular weight is 344 g/mol. The van der Waals surface area contributed by atoms with Crippen LogP contribution >= 0.6 is 11.3 Å². The highest BCUT2D eigenvalue weighted by Gasteiger charge is 2.24. The summed E-state index contributed by atoms with van der Waals surface area (Å²) in [6, 6.07) is 0.177. The minimum atomic E-state index is 0.177. The molecule has 4 rings (SSSR count). The van der Waals surface area contributed by atoms with Crippen LogP contribution in [0.15, 0.2) is 11.6 Å². The van der Waals surface area contributed by atoms with Crippen molar-refractivity contribution in [1.29, 1.82) is 0 Å². The van der Waals surface area contributed by atoms with Crippen LogP contribution in [0.4, 0.5) is 5.82 Å². The predicted molar refractivity (Wildman–Crippen MR) is 97.7 cm³/mol. The van der Waals surface area contributed by atoms with Crippen molar-refractivity contribution in [2.75, 3.05) is 18.4 Å². The molecule has 5 nitrogen and oxygen atoms in total. The third-order valence-corrected chi connectivity index (χ3v) is 6.05. The van der Waals surface area contributed by atoms with Crippen LogP contribution in [-0.4, -0.2) is 28.0 Å². The van der Waals surface area contributed by atoms with Crippen molar-refractivity contribution >= 4 is 17.2 Å². The quantitative estimate of drug-likeness (QED) is 0.890. The van der Waals surface area contributed by atoms with Crippen molar-refractivity contribution in [3.05, 3.63) is 33.7 Å². The number of hydrogen-bond donors (Lipinski definition) is 2. The maximum Gasteiger partial charge on any atom is 0.134 e. The number of hydrogen-bond acceptors (Lipinski definition) is 6. The molecule has 0 unspecified atom stereocenters. The predicted octanol–water partition coefficient (Wildman–Crippen LogP) is 3.45. The van der Waals surface area contributed by atoms with Gasteiger partial charge in [-0.3, -0.25) is 0 Å². The first-order valence-corrected chi connectivity index (χ1v) is 9.95. The molecule has 2 aliphatic rings. The first kappa shape index (κ1) is 16.0. The van der Waals surface area contributed by atoms with Gasteiger partial charge in [-0.1, -0.05) is 12.8 Å². The zero-order chi connectivity index (χ0) is 16.4. The molecule has 0 amide bonds. The van der Waals surface area contributed by atoms with E-state index in [1.54, 1.807) is 11.3 Å². The highest BCUT2D eigenvalue weighted by Crippen LogP contribution is 2.34. The van der Waals surface area contributed by atoms with Gasteiger partial charge in [0.25, 0.3) is 0 Å². The molecule has 3 heterocycles. The lowest BCUT2D eigenvalue weighted by atomic mass is 10.0. The van der Waals surface area contributed by atoms with Crippen LogP contribution in [-0.2, 0) is 12.8 Å². The van der Waals surface area contributed by atoms with E-state index in [-0.39, 0.29) is 6.04 Å². The van der Waals surface area contributed by atoms with Crippen LogP contribution in [0, 0.1) is 0 Å². The van der Waals surface area contributed by atoms with Gasteiger partial charge in [0.2, 0.25) is 0 Å². The number of anilines is 1. The number of aromatic nitrogens is 3. The minimum Gasteiger partial charge on any atom is -0.361 e. The number of thiazole rings is 1. The molecular formula is C18H25N5S. The molecule has 0 spiro atoms. The van der Waals surface area contributed by atoms with Crippen LogP contribution in [0.1, 0.15) is 66.7 Å². The van der Waals surface area contributed by atoms with Gasteiger partial charge in [-0.15, -0.1) is 11.3 Å². The zero-order valence-corrected chi connectivity index (χ0v) is 15.0. The molecule has 6 heteroatoms. The first-order chi connectivity index (χ1) is 11.8. The standard InChI is InChI=1S/C18H25N5S/c1-12(18-20-10-11-24-18)21-17-14-6-8-19-9-7-15(14)22-16(23-17)13-4-2-3-5-13/h10-13,19H,2-9H2,1H3,(H,21,22,23)/t12-/m1/s1. The average Bonchev–Trinajstić information content (AvgIpc) is 3.25. The summed E-state index contributed by atoms with van der Waals surface area (Å²) in [6.07, 6.45) is 8.95. The van der Waals surface area contributed by atoms with Crippen molar-refractivity contribution in [3.63, 3.8) is 0 Å². The van der Waals surface area contributed by atoms with E-state index in [1.165, 1.54) is 36.9 Å². The Morgan fingerprint density at radius 2 is 2.04 bits per heavy atom. The SMILES string of the molecule is C[C@@H](Nc1nc(C2CCCC2)nc2c1CCNCC2)c1nccs1. The normalized spacial score (nSPS) is 19.7. The van der Waals surface area contributed by atoms with Crippen LogP contribution in [0.2, 0.25) is 0 Å². The second-order valence-electron chi connectivity index (χ2n) is 6.82. The van der Waals surface area contributed by atoms with Crippen LogP contribution in [0.25, 0.3) is 0 Å². The van der Waals surface area contributed by atoms with E-state index in [1.807, 2.05) is 11.6 Å². The summed E-state index contributed by atoms with van der Waals surface area (Å²) in [7, 11) is 0. The summed E-state index contributed by atoms with van der Waals surface area (Å²) in [5.74, 6) is 2.64. The minimum absolute atomic E-state index is 0.177. The molecular weight excluding hydrogens is 318 g/mol. The van der Waals surface area contributed by atoms with Gasteiger partial charge in [0.1, 0.15) is 16.6 Å². The summed E-state index contributed by atoms with van der Waals surface area (Å²) >= 11 is 1.69. The molecule has 24 heavy (non-hydrogen) atoms. The summed E-state index contributed by atoms with van der Waals surface area (Å²) in [4.78, 5) is 14.4. The maximum absolute atomic E-state index is 4.99. The second kappa shape index (κ2) is 7.15. The van der Waals surface area contributed by atoms with Crippen LogP contribution in [0.5, 0.6) is 0 Å². The van der Waals surface area contributed by atoms with Crippen molar-refractivity contribution in [1.82, 2.24) is 20.3 Å². The molecule has 0 radical (unpaired) electrons. The molecule has 1 aliphatic carbocycles. The van der Waals surface area contributed by atoms with E-state index in [0.717, 1.165) is 42.6 Å². The molecule has 2 aromatic rings. The molecule has 128 valence electrons. The molecule has 1 fully saturated rings. The third kappa shape index (κ3) is 3.30.